The van der Waals surface area contributed by atoms with Gasteiger partial charge in [-0.05, 0) is 35.4 Å². The van der Waals surface area contributed by atoms with Gasteiger partial charge >= 0.3 is 5.97 Å². The number of carbonyl (C=O) groups is 3. The summed E-state index contributed by atoms with van der Waals surface area (Å²) in [5, 5.41) is 13.6. The zero-order valence-corrected chi connectivity index (χ0v) is 19.7. The summed E-state index contributed by atoms with van der Waals surface area (Å²) < 4.78 is 29.0. The van der Waals surface area contributed by atoms with Gasteiger partial charge in [-0.2, -0.15) is 0 Å². The van der Waals surface area contributed by atoms with Gasteiger partial charge in [-0.15, -0.1) is 0 Å². The number of imide groups is 1. The van der Waals surface area contributed by atoms with E-state index in [9.17, 15) is 28.3 Å². The summed E-state index contributed by atoms with van der Waals surface area (Å²) in [6, 6.07) is 17.5. The van der Waals surface area contributed by atoms with Crippen molar-refractivity contribution in [1.29, 1.82) is 0 Å². The molecule has 9 heteroatoms. The number of hydrogen-bond donors (Lipinski definition) is 2. The van der Waals surface area contributed by atoms with Crippen molar-refractivity contribution in [3.63, 3.8) is 0 Å². The lowest BCUT2D eigenvalue weighted by molar-refractivity contribution is -0.148. The molecule has 3 aromatic rings. The lowest BCUT2D eigenvalue weighted by Crippen LogP contribution is -2.57. The Labute approximate surface area is 207 Å². The molecular weight excluding hydrogens is 522 g/mol. The Bertz CT molecular complexity index is 1330. The number of nitrogens with zero attached hydrogens (tertiary/aromatic N) is 1. The summed E-state index contributed by atoms with van der Waals surface area (Å²) in [6.45, 7) is 0. The molecule has 2 aliphatic heterocycles. The molecule has 2 aliphatic rings. The van der Waals surface area contributed by atoms with Crippen molar-refractivity contribution in [3.05, 3.63) is 100 Å². The van der Waals surface area contributed by atoms with Gasteiger partial charge in [-0.1, -0.05) is 58.4 Å². The minimum atomic E-state index is -1.83. The lowest BCUT2D eigenvalue weighted by Gasteiger charge is -2.31. The molecule has 0 saturated carbocycles. The number of amides is 2. The molecule has 2 fully saturated rings. The molecule has 2 N–H and O–H groups in total. The third-order valence-corrected chi connectivity index (χ3v) is 7.27. The Kier molecular flexibility index (Phi) is 5.77. The van der Waals surface area contributed by atoms with Crippen LogP contribution in [0.2, 0.25) is 0 Å². The number of carbonyl (C=O) groups excluding carboxylic acids is 2. The minimum absolute atomic E-state index is 0.0733. The highest BCUT2D eigenvalue weighted by molar-refractivity contribution is 9.10. The predicted octanol–water partition coefficient (Wildman–Crippen LogP) is 4.24. The second kappa shape index (κ2) is 8.66. The molecule has 0 radical (unpaired) electrons. The van der Waals surface area contributed by atoms with E-state index in [1.165, 1.54) is 0 Å². The average Bonchev–Trinajstić information content (AvgIpc) is 3.30. The molecule has 5 rings (SSSR count). The first-order chi connectivity index (χ1) is 16.7. The average molecular weight is 541 g/mol. The minimum Gasteiger partial charge on any atom is -0.480 e. The number of carboxylic acid groups (broad SMARTS) is 1. The highest BCUT2D eigenvalue weighted by Crippen LogP contribution is 2.51. The van der Waals surface area contributed by atoms with E-state index in [1.54, 1.807) is 54.6 Å². The van der Waals surface area contributed by atoms with Crippen LogP contribution in [0.4, 0.5) is 14.5 Å². The van der Waals surface area contributed by atoms with Gasteiger partial charge in [0.1, 0.15) is 17.2 Å². The summed E-state index contributed by atoms with van der Waals surface area (Å²) in [4.78, 5) is 40.9. The van der Waals surface area contributed by atoms with Gasteiger partial charge in [0, 0.05) is 23.0 Å². The van der Waals surface area contributed by atoms with Crippen molar-refractivity contribution in [2.24, 2.45) is 11.8 Å². The maximum atomic E-state index is 14.7. The molecule has 3 aromatic carbocycles. The van der Waals surface area contributed by atoms with Crippen LogP contribution in [0.25, 0.3) is 0 Å². The number of fused-ring (bicyclic) bond motifs is 1. The smallest absolute Gasteiger partial charge is 0.325 e. The molecule has 6 nitrogen and oxygen atoms in total. The van der Waals surface area contributed by atoms with Crippen LogP contribution >= 0.6 is 15.9 Å². The maximum Gasteiger partial charge on any atom is 0.325 e. The molecule has 0 spiro atoms. The number of aliphatic carboxylic acids is 1. The topological polar surface area (TPSA) is 86.7 Å². The van der Waals surface area contributed by atoms with Crippen molar-refractivity contribution < 1.29 is 28.3 Å². The van der Waals surface area contributed by atoms with E-state index in [0.717, 1.165) is 16.6 Å². The maximum absolute atomic E-state index is 14.7. The quantitative estimate of drug-likeness (QED) is 0.472. The normalized spacial score (nSPS) is 25.7. The van der Waals surface area contributed by atoms with Gasteiger partial charge in [-0.25, -0.2) is 13.7 Å². The number of hydrogen-bond acceptors (Lipinski definition) is 4. The van der Waals surface area contributed by atoms with E-state index in [1.807, 2.05) is 0 Å². The Hall–Kier alpha value is -3.43. The SMILES string of the molecule is O=C1[C@H]2[C@H](c3ccc(Br)cc3)N[C@@](Cc3ccccc3)(C(=O)O)[C@H]2C(=O)N1c1ccc(F)cc1F. The van der Waals surface area contributed by atoms with Crippen LogP contribution in [0.15, 0.2) is 77.3 Å². The number of carboxylic acids is 1. The number of benzene rings is 3. The first kappa shape index (κ1) is 23.3. The van der Waals surface area contributed by atoms with Crippen LogP contribution in [0.5, 0.6) is 0 Å². The van der Waals surface area contributed by atoms with Gasteiger partial charge in [0.2, 0.25) is 11.8 Å². The highest BCUT2D eigenvalue weighted by Gasteiger charge is 2.68. The van der Waals surface area contributed by atoms with Crippen LogP contribution in [0, 0.1) is 23.5 Å². The summed E-state index contributed by atoms with van der Waals surface area (Å²) in [6.07, 6.45) is -0.0733. The fraction of sp³-hybridized carbons (Fsp3) is 0.192. The van der Waals surface area contributed by atoms with Gasteiger partial charge in [0.05, 0.1) is 17.5 Å². The second-order valence-electron chi connectivity index (χ2n) is 8.72. The third-order valence-electron chi connectivity index (χ3n) is 6.74. The molecule has 178 valence electrons. The van der Waals surface area contributed by atoms with Crippen LogP contribution in [0.1, 0.15) is 17.2 Å². The van der Waals surface area contributed by atoms with E-state index < -0.39 is 58.5 Å². The summed E-state index contributed by atoms with van der Waals surface area (Å²) in [7, 11) is 0. The standard InChI is InChI=1S/C26H19BrF2N2O4/c27-16-8-6-15(7-9-16)22-20-21(26(30-22,25(34)35)13-14-4-2-1-3-5-14)24(33)31(23(20)32)19-11-10-17(28)12-18(19)29/h1-12,20-22,30H,13H2,(H,34,35)/t20-,21-,22+,26-/m1/s1. The van der Waals surface area contributed by atoms with Crippen molar-refractivity contribution in [3.8, 4) is 0 Å². The molecule has 0 bridgehead atoms. The predicted molar refractivity (Wildman–Crippen MR) is 126 cm³/mol. The van der Waals surface area contributed by atoms with E-state index in [4.69, 9.17) is 0 Å². The van der Waals surface area contributed by atoms with E-state index in [-0.39, 0.29) is 6.42 Å². The number of halogens is 3. The molecule has 35 heavy (non-hydrogen) atoms. The fourth-order valence-corrected chi connectivity index (χ4v) is 5.48. The van der Waals surface area contributed by atoms with E-state index in [2.05, 4.69) is 21.2 Å². The number of nitrogens with one attached hydrogen (secondary N) is 1. The van der Waals surface area contributed by atoms with Crippen LogP contribution < -0.4 is 10.2 Å². The van der Waals surface area contributed by atoms with Crippen LogP contribution in [-0.2, 0) is 20.8 Å². The Morgan fingerprint density at radius 3 is 2.31 bits per heavy atom. The van der Waals surface area contributed by atoms with Crippen molar-refractivity contribution in [2.75, 3.05) is 4.90 Å². The molecule has 4 atom stereocenters. The number of rotatable bonds is 5. The van der Waals surface area contributed by atoms with Gasteiger partial charge < -0.3 is 5.11 Å². The molecule has 0 aromatic heterocycles. The summed E-state index contributed by atoms with van der Waals surface area (Å²) in [5.74, 6) is -7.22. The van der Waals surface area contributed by atoms with Gasteiger partial charge in [-0.3, -0.25) is 19.7 Å². The van der Waals surface area contributed by atoms with Crippen LogP contribution in [0.3, 0.4) is 0 Å². The zero-order valence-electron chi connectivity index (χ0n) is 18.1. The monoisotopic (exact) mass is 540 g/mol. The Morgan fingerprint density at radius 1 is 1.00 bits per heavy atom. The first-order valence-electron chi connectivity index (χ1n) is 10.9. The largest absolute Gasteiger partial charge is 0.480 e. The molecule has 2 saturated heterocycles. The Balaban J connectivity index is 1.67. The van der Waals surface area contributed by atoms with Crippen molar-refractivity contribution in [1.82, 2.24) is 5.32 Å². The highest BCUT2D eigenvalue weighted by atomic mass is 79.9. The van der Waals surface area contributed by atoms with Crippen molar-refractivity contribution in [2.45, 2.75) is 18.0 Å². The van der Waals surface area contributed by atoms with Crippen LogP contribution in [-0.4, -0.2) is 28.4 Å². The molecule has 2 amide bonds. The second-order valence-corrected chi connectivity index (χ2v) is 9.64. The molecule has 0 aliphatic carbocycles. The lowest BCUT2D eigenvalue weighted by atomic mass is 9.76. The van der Waals surface area contributed by atoms with Crippen molar-refractivity contribution >= 4 is 39.4 Å². The van der Waals surface area contributed by atoms with E-state index in [0.29, 0.717) is 22.1 Å². The fourth-order valence-electron chi connectivity index (χ4n) is 5.21. The van der Waals surface area contributed by atoms with Gasteiger partial charge in [0.15, 0.2) is 0 Å². The Morgan fingerprint density at radius 2 is 1.69 bits per heavy atom. The molecule has 2 heterocycles. The first-order valence-corrected chi connectivity index (χ1v) is 11.7. The van der Waals surface area contributed by atoms with E-state index >= 15 is 0 Å². The summed E-state index contributed by atoms with van der Waals surface area (Å²) in [5.41, 5.74) is -0.961. The number of anilines is 1. The summed E-state index contributed by atoms with van der Waals surface area (Å²) >= 11 is 3.36. The van der Waals surface area contributed by atoms with Gasteiger partial charge in [0.25, 0.3) is 0 Å². The molecular formula is C26H19BrF2N2O4. The molecule has 0 unspecified atom stereocenters. The third kappa shape index (κ3) is 3.75. The zero-order chi connectivity index (χ0) is 24.9.